The summed E-state index contributed by atoms with van der Waals surface area (Å²) in [4.78, 5) is 16.2. The fourth-order valence-electron chi connectivity index (χ4n) is 2.08. The Morgan fingerprint density at radius 3 is 2.63 bits per heavy atom. The Morgan fingerprint density at radius 1 is 1.19 bits per heavy atom. The van der Waals surface area contributed by atoms with Crippen LogP contribution in [0.15, 0.2) is 58.2 Å². The molecule has 0 fully saturated rings. The van der Waals surface area contributed by atoms with Crippen molar-refractivity contribution in [1.82, 2.24) is 10.1 Å². The number of nitrogens with one attached hydrogen (secondary N) is 1. The van der Waals surface area contributed by atoms with Crippen molar-refractivity contribution in [3.63, 3.8) is 0 Å². The summed E-state index contributed by atoms with van der Waals surface area (Å²) in [7, 11) is 0. The van der Waals surface area contributed by atoms with E-state index in [1.165, 1.54) is 0 Å². The lowest BCUT2D eigenvalue weighted by Crippen LogP contribution is -2.15. The molecule has 0 aliphatic rings. The van der Waals surface area contributed by atoms with Gasteiger partial charge in [0.05, 0.1) is 22.0 Å². The first kappa shape index (κ1) is 19.2. The molecule has 2 aromatic carbocycles. The van der Waals surface area contributed by atoms with Crippen LogP contribution in [0.1, 0.15) is 5.56 Å². The number of halogens is 4. The highest BCUT2D eigenvalue weighted by atomic mass is 35.5. The smallest absolute Gasteiger partial charge is 0.333 e. The van der Waals surface area contributed by atoms with Crippen LogP contribution in [0.2, 0.25) is 5.02 Å². The molecule has 1 N–H and O–H groups in total. The zero-order valence-corrected chi connectivity index (χ0v) is 15.0. The van der Waals surface area contributed by atoms with Crippen molar-refractivity contribution in [1.29, 1.82) is 0 Å². The highest BCUT2D eigenvalue weighted by Gasteiger charge is 2.31. The molecule has 5 nitrogen and oxygen atoms in total. The Bertz CT molecular complexity index is 948. The van der Waals surface area contributed by atoms with E-state index in [9.17, 15) is 18.0 Å². The number of aromatic nitrogens is 2. The van der Waals surface area contributed by atoms with Gasteiger partial charge in [-0.2, -0.15) is 18.2 Å². The van der Waals surface area contributed by atoms with Gasteiger partial charge in [0, 0.05) is 5.56 Å². The van der Waals surface area contributed by atoms with E-state index in [1.54, 1.807) is 12.1 Å². The molecule has 0 saturated heterocycles. The molecule has 140 valence electrons. The van der Waals surface area contributed by atoms with E-state index in [-0.39, 0.29) is 21.6 Å². The Kier molecular flexibility index (Phi) is 5.71. The Labute approximate surface area is 160 Å². The number of amides is 1. The predicted octanol–water partition coefficient (Wildman–Crippen LogP) is 5.14. The minimum absolute atomic E-state index is 0.00674. The standard InChI is InChI=1S/C17H11ClF3N3O2S/c18-12-7-6-11(17(19,20)21)8-13(12)22-14(25)9-27-16-23-15(26-24-16)10-4-2-1-3-5-10/h1-8H,9H2,(H,22,25). The summed E-state index contributed by atoms with van der Waals surface area (Å²) >= 11 is 6.84. The molecule has 0 spiro atoms. The van der Waals surface area contributed by atoms with Gasteiger partial charge in [-0.3, -0.25) is 4.79 Å². The van der Waals surface area contributed by atoms with E-state index in [0.29, 0.717) is 5.89 Å². The second kappa shape index (κ2) is 8.01. The molecule has 1 aromatic heterocycles. The van der Waals surface area contributed by atoms with Gasteiger partial charge >= 0.3 is 6.18 Å². The summed E-state index contributed by atoms with van der Waals surface area (Å²) in [6.07, 6.45) is -4.53. The maximum atomic E-state index is 12.8. The predicted molar refractivity (Wildman–Crippen MR) is 95.5 cm³/mol. The van der Waals surface area contributed by atoms with Crippen LogP contribution in [0, 0.1) is 0 Å². The number of anilines is 1. The summed E-state index contributed by atoms with van der Waals surface area (Å²) in [5, 5.41) is 6.35. The molecule has 1 heterocycles. The minimum atomic E-state index is -4.53. The number of alkyl halides is 3. The number of hydrogen-bond donors (Lipinski definition) is 1. The van der Waals surface area contributed by atoms with Gasteiger partial charge in [-0.15, -0.1) is 0 Å². The van der Waals surface area contributed by atoms with E-state index < -0.39 is 17.6 Å². The van der Waals surface area contributed by atoms with Crippen LogP contribution in [-0.4, -0.2) is 21.8 Å². The number of carbonyl (C=O) groups excluding carboxylic acids is 1. The van der Waals surface area contributed by atoms with Gasteiger partial charge in [0.1, 0.15) is 0 Å². The summed E-state index contributed by atoms with van der Waals surface area (Å²) in [6, 6.07) is 11.8. The molecule has 3 rings (SSSR count). The number of benzene rings is 2. The monoisotopic (exact) mass is 413 g/mol. The number of rotatable bonds is 5. The van der Waals surface area contributed by atoms with Crippen LogP contribution in [0.25, 0.3) is 11.5 Å². The van der Waals surface area contributed by atoms with E-state index in [4.69, 9.17) is 16.1 Å². The normalized spacial score (nSPS) is 11.4. The maximum absolute atomic E-state index is 12.8. The van der Waals surface area contributed by atoms with Gasteiger partial charge in [0.25, 0.3) is 5.89 Å². The van der Waals surface area contributed by atoms with Crippen LogP contribution in [0.3, 0.4) is 0 Å². The largest absolute Gasteiger partial charge is 0.416 e. The third-order valence-electron chi connectivity index (χ3n) is 3.33. The first-order chi connectivity index (χ1) is 12.8. The van der Waals surface area contributed by atoms with Crippen LogP contribution in [-0.2, 0) is 11.0 Å². The van der Waals surface area contributed by atoms with Crippen molar-refractivity contribution in [3.8, 4) is 11.5 Å². The first-order valence-electron chi connectivity index (χ1n) is 7.51. The molecule has 0 saturated carbocycles. The van der Waals surface area contributed by atoms with Gasteiger partial charge in [0.15, 0.2) is 0 Å². The quantitative estimate of drug-likeness (QED) is 0.586. The molecule has 0 aliphatic heterocycles. The van der Waals surface area contributed by atoms with Crippen LogP contribution >= 0.6 is 23.4 Å². The summed E-state index contributed by atoms with van der Waals surface area (Å²) in [5.41, 5.74) is -0.284. The average molecular weight is 414 g/mol. The lowest BCUT2D eigenvalue weighted by Gasteiger charge is -2.11. The molecule has 0 unspecified atom stereocenters. The molecule has 0 aliphatic carbocycles. The topological polar surface area (TPSA) is 68.0 Å². The molecule has 1 amide bonds. The number of nitrogens with zero attached hydrogens (tertiary/aromatic N) is 2. The van der Waals surface area contributed by atoms with Crippen molar-refractivity contribution in [2.24, 2.45) is 0 Å². The fraction of sp³-hybridized carbons (Fsp3) is 0.118. The van der Waals surface area contributed by atoms with Gasteiger partial charge in [-0.1, -0.05) is 41.6 Å². The zero-order valence-electron chi connectivity index (χ0n) is 13.5. The van der Waals surface area contributed by atoms with Crippen molar-refractivity contribution < 1.29 is 22.5 Å². The van der Waals surface area contributed by atoms with Crippen molar-refractivity contribution in [2.75, 3.05) is 11.1 Å². The molecule has 10 heteroatoms. The summed E-state index contributed by atoms with van der Waals surface area (Å²) in [5.74, 6) is -0.368. The Morgan fingerprint density at radius 2 is 1.93 bits per heavy atom. The number of thioether (sulfide) groups is 1. The van der Waals surface area contributed by atoms with E-state index in [0.717, 1.165) is 35.5 Å². The van der Waals surface area contributed by atoms with Gasteiger partial charge < -0.3 is 9.84 Å². The Hall–Kier alpha value is -2.52. The second-order valence-electron chi connectivity index (χ2n) is 5.28. The van der Waals surface area contributed by atoms with E-state index in [1.807, 2.05) is 18.2 Å². The zero-order chi connectivity index (χ0) is 19.4. The second-order valence-corrected chi connectivity index (χ2v) is 6.63. The number of hydrogen-bond acceptors (Lipinski definition) is 5. The van der Waals surface area contributed by atoms with Crippen molar-refractivity contribution in [2.45, 2.75) is 11.3 Å². The molecular formula is C17H11ClF3N3O2S. The highest BCUT2D eigenvalue weighted by molar-refractivity contribution is 7.99. The molecule has 0 radical (unpaired) electrons. The van der Waals surface area contributed by atoms with Crippen LogP contribution in [0.5, 0.6) is 0 Å². The average Bonchev–Trinajstić information content (AvgIpc) is 3.11. The van der Waals surface area contributed by atoms with Crippen molar-refractivity contribution >= 4 is 35.0 Å². The van der Waals surface area contributed by atoms with E-state index >= 15 is 0 Å². The van der Waals surface area contributed by atoms with Gasteiger partial charge in [0.2, 0.25) is 11.1 Å². The van der Waals surface area contributed by atoms with Crippen LogP contribution in [0.4, 0.5) is 18.9 Å². The third-order valence-corrected chi connectivity index (χ3v) is 4.49. The van der Waals surface area contributed by atoms with E-state index in [2.05, 4.69) is 15.5 Å². The summed E-state index contributed by atoms with van der Waals surface area (Å²) in [6.45, 7) is 0. The summed E-state index contributed by atoms with van der Waals surface area (Å²) < 4.78 is 43.4. The third kappa shape index (κ3) is 5.01. The minimum Gasteiger partial charge on any atom is -0.333 e. The maximum Gasteiger partial charge on any atom is 0.416 e. The molecule has 27 heavy (non-hydrogen) atoms. The molecular weight excluding hydrogens is 403 g/mol. The highest BCUT2D eigenvalue weighted by Crippen LogP contribution is 2.34. The lowest BCUT2D eigenvalue weighted by atomic mass is 10.2. The number of carbonyl (C=O) groups is 1. The fourth-order valence-corrected chi connectivity index (χ4v) is 2.81. The lowest BCUT2D eigenvalue weighted by molar-refractivity contribution is -0.137. The van der Waals surface area contributed by atoms with Crippen LogP contribution < -0.4 is 5.32 Å². The first-order valence-corrected chi connectivity index (χ1v) is 8.88. The molecule has 0 atom stereocenters. The Balaban J connectivity index is 1.62. The molecule has 0 bridgehead atoms. The molecule has 3 aromatic rings. The SMILES string of the molecule is O=C(CSc1noc(-c2ccccc2)n1)Nc1cc(C(F)(F)F)ccc1Cl. The van der Waals surface area contributed by atoms with Gasteiger partial charge in [-0.05, 0) is 35.5 Å². The van der Waals surface area contributed by atoms with Crippen molar-refractivity contribution in [3.05, 3.63) is 59.1 Å². The van der Waals surface area contributed by atoms with Gasteiger partial charge in [-0.25, -0.2) is 0 Å².